The minimum atomic E-state index is 0.647. The molecule has 0 saturated carbocycles. The van der Waals surface area contributed by atoms with Crippen molar-refractivity contribution in [3.8, 4) is 0 Å². The number of hydrogen-bond donors (Lipinski definition) is 0. The molecule has 2 atom stereocenters. The number of aryl methyl sites for hydroxylation is 1. The summed E-state index contributed by atoms with van der Waals surface area (Å²) in [6, 6.07) is 10.7. The molecule has 1 rings (SSSR count). The Hall–Kier alpha value is -0.300. The number of benzene rings is 1. The van der Waals surface area contributed by atoms with Crippen LogP contribution >= 0.6 is 15.9 Å². The maximum atomic E-state index is 3.60. The van der Waals surface area contributed by atoms with Gasteiger partial charge >= 0.3 is 0 Å². The molecule has 14 heavy (non-hydrogen) atoms. The lowest BCUT2D eigenvalue weighted by Crippen LogP contribution is -2.03. The maximum Gasteiger partial charge on any atom is 0.0120 e. The third-order valence-corrected chi connectivity index (χ3v) is 2.87. The maximum absolute atomic E-state index is 3.60. The molecular weight excluding hydrogens is 236 g/mol. The van der Waals surface area contributed by atoms with Crippen molar-refractivity contribution in [3.63, 3.8) is 0 Å². The van der Waals surface area contributed by atoms with Crippen LogP contribution in [0.25, 0.3) is 0 Å². The van der Waals surface area contributed by atoms with Crippen molar-refractivity contribution in [1.29, 1.82) is 0 Å². The predicted molar refractivity (Wildman–Crippen MR) is 66.9 cm³/mol. The molecule has 0 N–H and O–H groups in total. The van der Waals surface area contributed by atoms with Crippen molar-refractivity contribution >= 4 is 15.9 Å². The minimum absolute atomic E-state index is 0.647. The highest BCUT2D eigenvalue weighted by Gasteiger charge is 2.05. The predicted octanol–water partition coefficient (Wildman–Crippen LogP) is 4.43. The van der Waals surface area contributed by atoms with Crippen LogP contribution in [-0.4, -0.2) is 4.83 Å². The largest absolute Gasteiger partial charge is 0.0894 e. The van der Waals surface area contributed by atoms with E-state index in [4.69, 9.17) is 0 Å². The molecule has 0 nitrogen and oxygen atoms in total. The molecule has 1 heteroatoms. The first-order valence-electron chi connectivity index (χ1n) is 5.36. The molecule has 0 bridgehead atoms. The van der Waals surface area contributed by atoms with Gasteiger partial charge in [0.1, 0.15) is 0 Å². The molecule has 1 aromatic carbocycles. The minimum Gasteiger partial charge on any atom is -0.0894 e. The fourth-order valence-corrected chi connectivity index (χ4v) is 2.37. The Morgan fingerprint density at radius 2 is 1.79 bits per heavy atom. The molecule has 0 aliphatic rings. The van der Waals surface area contributed by atoms with Crippen LogP contribution in [0, 0.1) is 5.92 Å². The number of alkyl halides is 1. The SMILES string of the molecule is CC(Br)CC(C)CCc1ccccc1. The summed E-state index contributed by atoms with van der Waals surface area (Å²) in [7, 11) is 0. The van der Waals surface area contributed by atoms with E-state index >= 15 is 0 Å². The van der Waals surface area contributed by atoms with Crippen LogP contribution in [0.4, 0.5) is 0 Å². The average Bonchev–Trinajstić information content (AvgIpc) is 2.15. The normalized spacial score (nSPS) is 15.1. The van der Waals surface area contributed by atoms with Gasteiger partial charge in [0.2, 0.25) is 0 Å². The lowest BCUT2D eigenvalue weighted by Gasteiger charge is -2.12. The van der Waals surface area contributed by atoms with Crippen molar-refractivity contribution in [2.75, 3.05) is 0 Å². The molecule has 1 aromatic rings. The summed E-state index contributed by atoms with van der Waals surface area (Å²) >= 11 is 3.60. The molecule has 0 spiro atoms. The van der Waals surface area contributed by atoms with Gasteiger partial charge in [-0.25, -0.2) is 0 Å². The third-order valence-electron chi connectivity index (χ3n) is 2.50. The topological polar surface area (TPSA) is 0 Å². The van der Waals surface area contributed by atoms with Crippen molar-refractivity contribution in [1.82, 2.24) is 0 Å². The highest BCUT2D eigenvalue weighted by molar-refractivity contribution is 9.09. The van der Waals surface area contributed by atoms with Gasteiger partial charge in [-0.1, -0.05) is 60.1 Å². The molecular formula is C13H19Br. The zero-order valence-electron chi connectivity index (χ0n) is 9.04. The van der Waals surface area contributed by atoms with E-state index < -0.39 is 0 Å². The van der Waals surface area contributed by atoms with Crippen molar-refractivity contribution < 1.29 is 0 Å². The molecule has 0 aliphatic carbocycles. The Morgan fingerprint density at radius 3 is 2.36 bits per heavy atom. The molecule has 0 aliphatic heterocycles. The Kier molecular flexibility index (Phi) is 5.24. The first-order valence-corrected chi connectivity index (χ1v) is 6.28. The fraction of sp³-hybridized carbons (Fsp3) is 0.538. The molecule has 78 valence electrons. The second kappa shape index (κ2) is 6.23. The third kappa shape index (κ3) is 4.80. The zero-order chi connectivity index (χ0) is 10.4. The van der Waals surface area contributed by atoms with Gasteiger partial charge in [-0.2, -0.15) is 0 Å². The quantitative estimate of drug-likeness (QED) is 0.683. The van der Waals surface area contributed by atoms with E-state index in [0.717, 1.165) is 5.92 Å². The summed E-state index contributed by atoms with van der Waals surface area (Å²) in [5, 5.41) is 0. The van der Waals surface area contributed by atoms with Gasteiger partial charge in [-0.3, -0.25) is 0 Å². The number of halogens is 1. The van der Waals surface area contributed by atoms with Crippen LogP contribution in [0.3, 0.4) is 0 Å². The Labute approximate surface area is 95.9 Å². The second-order valence-corrected chi connectivity index (χ2v) is 5.71. The standard InChI is InChI=1S/C13H19Br/c1-11(10-12(2)14)8-9-13-6-4-3-5-7-13/h3-7,11-12H,8-10H2,1-2H3. The zero-order valence-corrected chi connectivity index (χ0v) is 10.6. The lowest BCUT2D eigenvalue weighted by molar-refractivity contribution is 0.495. The van der Waals surface area contributed by atoms with E-state index in [1.54, 1.807) is 0 Å². The highest BCUT2D eigenvalue weighted by atomic mass is 79.9. The van der Waals surface area contributed by atoms with E-state index in [2.05, 4.69) is 60.1 Å². The van der Waals surface area contributed by atoms with Gasteiger partial charge in [0.15, 0.2) is 0 Å². The molecule has 0 heterocycles. The van der Waals surface area contributed by atoms with E-state index in [0.29, 0.717) is 4.83 Å². The highest BCUT2D eigenvalue weighted by Crippen LogP contribution is 2.17. The summed E-state index contributed by atoms with van der Waals surface area (Å²) in [6.07, 6.45) is 3.77. The molecule has 0 amide bonds. The molecule has 0 fully saturated rings. The van der Waals surface area contributed by atoms with Crippen LogP contribution in [0.15, 0.2) is 30.3 Å². The van der Waals surface area contributed by atoms with Crippen LogP contribution < -0.4 is 0 Å². The molecule has 0 radical (unpaired) electrons. The summed E-state index contributed by atoms with van der Waals surface area (Å²) in [6.45, 7) is 4.56. The molecule has 0 aromatic heterocycles. The van der Waals surface area contributed by atoms with Gasteiger partial charge in [0, 0.05) is 4.83 Å². The Morgan fingerprint density at radius 1 is 1.14 bits per heavy atom. The van der Waals surface area contributed by atoms with Crippen LogP contribution in [-0.2, 0) is 6.42 Å². The molecule has 2 unspecified atom stereocenters. The Balaban J connectivity index is 2.27. The summed E-state index contributed by atoms with van der Waals surface area (Å²) < 4.78 is 0. The molecule has 0 saturated heterocycles. The first-order chi connectivity index (χ1) is 6.68. The first kappa shape index (κ1) is 11.8. The summed E-state index contributed by atoms with van der Waals surface area (Å²) in [4.78, 5) is 0.647. The van der Waals surface area contributed by atoms with Gasteiger partial charge in [0.25, 0.3) is 0 Å². The van der Waals surface area contributed by atoms with E-state index in [1.807, 2.05) is 0 Å². The Bertz CT molecular complexity index is 241. The van der Waals surface area contributed by atoms with Gasteiger partial charge in [-0.05, 0) is 30.7 Å². The monoisotopic (exact) mass is 254 g/mol. The second-order valence-electron chi connectivity index (χ2n) is 4.15. The number of rotatable bonds is 5. The smallest absolute Gasteiger partial charge is 0.0120 e. The van der Waals surface area contributed by atoms with E-state index in [1.165, 1.54) is 24.8 Å². The van der Waals surface area contributed by atoms with Gasteiger partial charge in [-0.15, -0.1) is 0 Å². The summed E-state index contributed by atoms with van der Waals surface area (Å²) in [5.74, 6) is 0.810. The average molecular weight is 255 g/mol. The van der Waals surface area contributed by atoms with E-state index in [-0.39, 0.29) is 0 Å². The number of hydrogen-bond acceptors (Lipinski definition) is 0. The fourth-order valence-electron chi connectivity index (χ4n) is 1.73. The van der Waals surface area contributed by atoms with Crippen molar-refractivity contribution in [3.05, 3.63) is 35.9 Å². The summed E-state index contributed by atoms with van der Waals surface area (Å²) in [5.41, 5.74) is 1.46. The van der Waals surface area contributed by atoms with Crippen molar-refractivity contribution in [2.45, 2.75) is 37.9 Å². The van der Waals surface area contributed by atoms with Crippen molar-refractivity contribution in [2.24, 2.45) is 5.92 Å². The van der Waals surface area contributed by atoms with E-state index in [9.17, 15) is 0 Å². The van der Waals surface area contributed by atoms with Gasteiger partial charge < -0.3 is 0 Å². The van der Waals surface area contributed by atoms with Crippen LogP contribution in [0.1, 0.15) is 32.3 Å². The lowest BCUT2D eigenvalue weighted by atomic mass is 9.97. The van der Waals surface area contributed by atoms with Crippen LogP contribution in [0.2, 0.25) is 0 Å². The van der Waals surface area contributed by atoms with Crippen LogP contribution in [0.5, 0.6) is 0 Å². The van der Waals surface area contributed by atoms with Gasteiger partial charge in [0.05, 0.1) is 0 Å².